The summed E-state index contributed by atoms with van der Waals surface area (Å²) in [5.74, 6) is 2.35. The largest absolute Gasteiger partial charge is 0.447 e. The van der Waals surface area contributed by atoms with Gasteiger partial charge in [-0.25, -0.2) is 4.79 Å². The molecule has 0 aromatic rings. The average molecular weight is 318 g/mol. The molecule has 3 saturated carbocycles. The van der Waals surface area contributed by atoms with Crippen LogP contribution in [0, 0.1) is 23.2 Å². The van der Waals surface area contributed by atoms with Gasteiger partial charge in [-0.15, -0.1) is 0 Å². The van der Waals surface area contributed by atoms with E-state index in [1.807, 2.05) is 0 Å². The quantitative estimate of drug-likeness (QED) is 0.850. The van der Waals surface area contributed by atoms with E-state index in [1.54, 1.807) is 0 Å². The Bertz CT molecular complexity index is 534. The lowest BCUT2D eigenvalue weighted by molar-refractivity contribution is -0.167. The van der Waals surface area contributed by atoms with Gasteiger partial charge in [0.05, 0.1) is 5.54 Å². The summed E-state index contributed by atoms with van der Waals surface area (Å²) >= 11 is 0. The van der Waals surface area contributed by atoms with Crippen molar-refractivity contribution in [2.75, 3.05) is 19.7 Å². The van der Waals surface area contributed by atoms with Crippen LogP contribution in [0.5, 0.6) is 0 Å². The Kier molecular flexibility index (Phi) is 2.85. The first kappa shape index (κ1) is 14.1. The van der Waals surface area contributed by atoms with Gasteiger partial charge in [-0.3, -0.25) is 4.79 Å². The summed E-state index contributed by atoms with van der Waals surface area (Å²) in [7, 11) is 0. The molecule has 0 radical (unpaired) electrons. The van der Waals surface area contributed by atoms with Crippen LogP contribution in [-0.2, 0) is 9.53 Å². The number of nitrogens with one attached hydrogen (secondary N) is 1. The van der Waals surface area contributed by atoms with Crippen molar-refractivity contribution in [3.8, 4) is 0 Å². The predicted octanol–water partition coefficient (Wildman–Crippen LogP) is 2.30. The van der Waals surface area contributed by atoms with Crippen molar-refractivity contribution in [2.45, 2.75) is 56.9 Å². The number of hydrogen-bond acceptors (Lipinski definition) is 3. The third-order valence-electron chi connectivity index (χ3n) is 7.29. The van der Waals surface area contributed by atoms with E-state index in [9.17, 15) is 9.59 Å². The Morgan fingerprint density at radius 2 is 1.78 bits per heavy atom. The van der Waals surface area contributed by atoms with E-state index >= 15 is 0 Å². The van der Waals surface area contributed by atoms with Crippen LogP contribution in [0.15, 0.2) is 0 Å². The number of hydrogen-bond donors (Lipinski definition) is 1. The Labute approximate surface area is 137 Å². The van der Waals surface area contributed by atoms with Crippen LogP contribution >= 0.6 is 0 Å². The van der Waals surface area contributed by atoms with Crippen molar-refractivity contribution >= 4 is 12.0 Å². The summed E-state index contributed by atoms with van der Waals surface area (Å²) in [6.07, 6.45) is 9.66. The average Bonchev–Trinajstić information content (AvgIpc) is 3.02. The maximum absolute atomic E-state index is 12.6. The van der Waals surface area contributed by atoms with Gasteiger partial charge in [0.1, 0.15) is 6.61 Å². The lowest BCUT2D eigenvalue weighted by atomic mass is 9.54. The highest BCUT2D eigenvalue weighted by molar-refractivity contribution is 5.82. The number of rotatable bonds is 2. The van der Waals surface area contributed by atoms with Gasteiger partial charge in [0.25, 0.3) is 0 Å². The summed E-state index contributed by atoms with van der Waals surface area (Å²) in [5, 5.41) is 2.87. The first-order valence-corrected chi connectivity index (χ1v) is 9.30. The van der Waals surface area contributed by atoms with Crippen molar-refractivity contribution in [1.82, 2.24) is 10.2 Å². The van der Waals surface area contributed by atoms with Crippen LogP contribution in [0.25, 0.3) is 0 Å². The predicted molar refractivity (Wildman–Crippen MR) is 83.6 cm³/mol. The highest BCUT2D eigenvalue weighted by Crippen LogP contribution is 2.57. The maximum atomic E-state index is 12.6. The fourth-order valence-electron chi connectivity index (χ4n) is 6.02. The second kappa shape index (κ2) is 4.64. The fraction of sp³-hybridized carbons (Fsp3) is 0.889. The molecule has 23 heavy (non-hydrogen) atoms. The van der Waals surface area contributed by atoms with E-state index in [-0.39, 0.29) is 17.6 Å². The number of alkyl carbamates (subject to hydrolysis) is 1. The maximum Gasteiger partial charge on any atom is 0.407 e. The second-order valence-corrected chi connectivity index (χ2v) is 8.99. The molecule has 5 fully saturated rings. The van der Waals surface area contributed by atoms with Crippen LogP contribution in [0.1, 0.15) is 51.4 Å². The molecule has 1 N–H and O–H groups in total. The SMILES string of the molecule is O=C1N[C@]2(CO1)C[C@H](C(=O)N1CC3(CC(C4CCCC4)C3)C1)C2. The number of nitrogens with zero attached hydrogens (tertiary/aromatic N) is 1. The van der Waals surface area contributed by atoms with Gasteiger partial charge in [0, 0.05) is 24.4 Å². The Morgan fingerprint density at radius 1 is 1.09 bits per heavy atom. The summed E-state index contributed by atoms with van der Waals surface area (Å²) in [6.45, 7) is 2.41. The minimum Gasteiger partial charge on any atom is -0.447 e. The molecule has 2 aliphatic heterocycles. The number of carbonyl (C=O) groups is 2. The van der Waals surface area contributed by atoms with E-state index in [4.69, 9.17) is 4.74 Å². The molecule has 0 atom stereocenters. The van der Waals surface area contributed by atoms with Gasteiger partial charge in [-0.1, -0.05) is 25.7 Å². The lowest BCUT2D eigenvalue weighted by Gasteiger charge is -2.61. The Morgan fingerprint density at radius 3 is 2.39 bits per heavy atom. The molecule has 0 aromatic heterocycles. The van der Waals surface area contributed by atoms with Gasteiger partial charge < -0.3 is 15.0 Å². The number of amides is 2. The Balaban J connectivity index is 1.09. The van der Waals surface area contributed by atoms with E-state index in [2.05, 4.69) is 10.2 Å². The van der Waals surface area contributed by atoms with Crippen LogP contribution < -0.4 is 5.32 Å². The molecule has 126 valence electrons. The highest BCUT2D eigenvalue weighted by atomic mass is 16.6. The first-order chi connectivity index (χ1) is 11.1. The summed E-state index contributed by atoms with van der Waals surface area (Å²) in [5.41, 5.74) is 0.249. The van der Waals surface area contributed by atoms with Crippen LogP contribution in [-0.4, -0.2) is 42.1 Å². The number of carbonyl (C=O) groups excluding carboxylic acids is 2. The molecule has 0 unspecified atom stereocenters. The molecular formula is C18H26N2O3. The van der Waals surface area contributed by atoms with Crippen molar-refractivity contribution in [3.05, 3.63) is 0 Å². The zero-order chi connectivity index (χ0) is 15.7. The van der Waals surface area contributed by atoms with E-state index < -0.39 is 0 Å². The van der Waals surface area contributed by atoms with Crippen molar-refractivity contribution in [1.29, 1.82) is 0 Å². The van der Waals surface area contributed by atoms with Gasteiger partial charge >= 0.3 is 6.09 Å². The topological polar surface area (TPSA) is 58.6 Å². The van der Waals surface area contributed by atoms with Gasteiger partial charge in [-0.05, 0) is 37.5 Å². The van der Waals surface area contributed by atoms with E-state index in [0.717, 1.165) is 37.8 Å². The van der Waals surface area contributed by atoms with Crippen molar-refractivity contribution in [2.24, 2.45) is 23.2 Å². The molecule has 0 aromatic carbocycles. The second-order valence-electron chi connectivity index (χ2n) is 8.99. The molecule has 5 nitrogen and oxygen atoms in total. The summed E-state index contributed by atoms with van der Waals surface area (Å²) < 4.78 is 4.98. The smallest absolute Gasteiger partial charge is 0.407 e. The molecule has 5 aliphatic rings. The molecule has 5 rings (SSSR count). The monoisotopic (exact) mass is 318 g/mol. The number of ether oxygens (including phenoxy) is 1. The molecule has 2 amide bonds. The minimum absolute atomic E-state index is 0.0973. The standard InChI is InChI=1S/C18H26N2O3/c21-15(14-7-18(8-14)11-23-16(22)19-18)20-9-17(10-20)5-13(6-17)12-3-1-2-4-12/h12-14H,1-11H2,(H,19,22)/t14-,18+. The molecule has 2 heterocycles. The Hall–Kier alpha value is -1.26. The minimum atomic E-state index is -0.328. The van der Waals surface area contributed by atoms with Gasteiger partial charge in [0.15, 0.2) is 0 Å². The molecular weight excluding hydrogens is 292 g/mol. The van der Waals surface area contributed by atoms with Crippen LogP contribution in [0.2, 0.25) is 0 Å². The number of likely N-dealkylation sites (tertiary alicyclic amines) is 1. The molecule has 5 heteroatoms. The lowest BCUT2D eigenvalue weighted by Crippen LogP contribution is -2.67. The molecule has 2 spiro atoms. The fourth-order valence-corrected chi connectivity index (χ4v) is 6.02. The van der Waals surface area contributed by atoms with E-state index in [1.165, 1.54) is 38.5 Å². The zero-order valence-corrected chi connectivity index (χ0v) is 13.7. The molecule has 0 bridgehead atoms. The van der Waals surface area contributed by atoms with Gasteiger partial charge in [0.2, 0.25) is 5.91 Å². The summed E-state index contributed by atoms with van der Waals surface area (Å²) in [6, 6.07) is 0. The number of cyclic esters (lactones) is 1. The summed E-state index contributed by atoms with van der Waals surface area (Å²) in [4.78, 5) is 25.8. The first-order valence-electron chi connectivity index (χ1n) is 9.30. The normalized spacial score (nSPS) is 32.3. The van der Waals surface area contributed by atoms with Crippen molar-refractivity contribution in [3.63, 3.8) is 0 Å². The molecule has 3 aliphatic carbocycles. The van der Waals surface area contributed by atoms with Crippen LogP contribution in [0.4, 0.5) is 4.79 Å². The zero-order valence-electron chi connectivity index (χ0n) is 13.7. The highest BCUT2D eigenvalue weighted by Gasteiger charge is 2.58. The molecule has 2 saturated heterocycles. The van der Waals surface area contributed by atoms with Crippen molar-refractivity contribution < 1.29 is 14.3 Å². The van der Waals surface area contributed by atoms with E-state index in [0.29, 0.717) is 17.9 Å². The third-order valence-corrected chi connectivity index (χ3v) is 7.29. The van der Waals surface area contributed by atoms with Gasteiger partial charge in [-0.2, -0.15) is 0 Å². The third kappa shape index (κ3) is 2.11. The van der Waals surface area contributed by atoms with Crippen LogP contribution in [0.3, 0.4) is 0 Å².